The van der Waals surface area contributed by atoms with E-state index in [2.05, 4.69) is 20.8 Å². The van der Waals surface area contributed by atoms with Crippen molar-refractivity contribution in [2.24, 2.45) is 0 Å². The van der Waals surface area contributed by atoms with Gasteiger partial charge >= 0.3 is 6.18 Å². The molecule has 1 aliphatic carbocycles. The first-order valence-corrected chi connectivity index (χ1v) is 11.7. The van der Waals surface area contributed by atoms with Gasteiger partial charge in [-0.05, 0) is 56.2 Å². The number of hydrogen-bond acceptors (Lipinski definition) is 5. The van der Waals surface area contributed by atoms with Crippen LogP contribution < -0.4 is 10.6 Å². The fourth-order valence-corrected chi connectivity index (χ4v) is 4.20. The van der Waals surface area contributed by atoms with E-state index in [0.29, 0.717) is 16.8 Å². The second kappa shape index (κ2) is 9.88. The van der Waals surface area contributed by atoms with Crippen molar-refractivity contribution in [2.45, 2.75) is 43.6 Å². The molecule has 0 spiro atoms. The quantitative estimate of drug-likeness (QED) is 0.426. The molecule has 1 aromatic heterocycles. The van der Waals surface area contributed by atoms with E-state index in [1.54, 1.807) is 12.1 Å². The summed E-state index contributed by atoms with van der Waals surface area (Å²) in [6, 6.07) is 10.6. The number of nitrogens with zero attached hydrogens (tertiary/aromatic N) is 3. The second-order valence-electron chi connectivity index (χ2n) is 7.81. The van der Waals surface area contributed by atoms with Crippen LogP contribution in [0.25, 0.3) is 0 Å². The molecule has 1 aliphatic rings. The predicted molar refractivity (Wildman–Crippen MR) is 123 cm³/mol. The Morgan fingerprint density at radius 1 is 1.06 bits per heavy atom. The van der Waals surface area contributed by atoms with Gasteiger partial charge in [0.25, 0.3) is 5.91 Å². The van der Waals surface area contributed by atoms with Crippen LogP contribution in [-0.2, 0) is 17.5 Å². The number of halogens is 3. The normalized spacial score (nSPS) is 13.5. The van der Waals surface area contributed by atoms with Gasteiger partial charge in [0.15, 0.2) is 5.16 Å². The van der Waals surface area contributed by atoms with Gasteiger partial charge in [-0.15, -0.1) is 10.2 Å². The molecule has 4 rings (SSSR count). The summed E-state index contributed by atoms with van der Waals surface area (Å²) in [5.74, 6) is 0.668. The number of anilines is 2. The van der Waals surface area contributed by atoms with Crippen LogP contribution in [0.5, 0.6) is 0 Å². The van der Waals surface area contributed by atoms with Gasteiger partial charge in [-0.25, -0.2) is 0 Å². The predicted octanol–water partition coefficient (Wildman–Crippen LogP) is 5.18. The SMILES string of the molecule is CCn1c(SCC(=O)Nc2cccc(C(=O)Nc3cccc(C(F)(F)F)c3)c2)nnc1C1CC1. The Balaban J connectivity index is 1.36. The van der Waals surface area contributed by atoms with Gasteiger partial charge in [0.2, 0.25) is 5.91 Å². The highest BCUT2D eigenvalue weighted by Crippen LogP contribution is 2.40. The summed E-state index contributed by atoms with van der Waals surface area (Å²) in [7, 11) is 0. The molecule has 2 aromatic carbocycles. The van der Waals surface area contributed by atoms with E-state index in [0.717, 1.165) is 37.3 Å². The molecule has 1 fully saturated rings. The van der Waals surface area contributed by atoms with Crippen molar-refractivity contribution in [3.63, 3.8) is 0 Å². The molecule has 0 unspecified atom stereocenters. The maximum absolute atomic E-state index is 12.9. The average molecular weight is 490 g/mol. The van der Waals surface area contributed by atoms with E-state index in [4.69, 9.17) is 0 Å². The number of hydrogen-bond donors (Lipinski definition) is 2. The third kappa shape index (κ3) is 5.77. The number of alkyl halides is 3. The molecule has 1 saturated carbocycles. The molecular formula is C23H22F3N5O2S. The van der Waals surface area contributed by atoms with Crippen LogP contribution in [0.1, 0.15) is 47.4 Å². The van der Waals surface area contributed by atoms with Crippen molar-refractivity contribution in [3.8, 4) is 0 Å². The van der Waals surface area contributed by atoms with Gasteiger partial charge in [0.05, 0.1) is 11.3 Å². The van der Waals surface area contributed by atoms with Gasteiger partial charge in [-0.3, -0.25) is 9.59 Å². The monoisotopic (exact) mass is 489 g/mol. The minimum atomic E-state index is -4.51. The van der Waals surface area contributed by atoms with Crippen LogP contribution in [-0.4, -0.2) is 32.3 Å². The van der Waals surface area contributed by atoms with Crippen LogP contribution in [0, 0.1) is 0 Å². The van der Waals surface area contributed by atoms with E-state index >= 15 is 0 Å². The van der Waals surface area contributed by atoms with Gasteiger partial charge < -0.3 is 15.2 Å². The zero-order valence-electron chi connectivity index (χ0n) is 18.2. The molecule has 3 aromatic rings. The summed E-state index contributed by atoms with van der Waals surface area (Å²) >= 11 is 1.29. The minimum Gasteiger partial charge on any atom is -0.325 e. The summed E-state index contributed by atoms with van der Waals surface area (Å²) in [5, 5.41) is 14.3. The maximum Gasteiger partial charge on any atom is 0.416 e. The van der Waals surface area contributed by atoms with Crippen LogP contribution in [0.15, 0.2) is 53.7 Å². The number of nitrogens with one attached hydrogen (secondary N) is 2. The molecule has 1 heterocycles. The van der Waals surface area contributed by atoms with Gasteiger partial charge in [0, 0.05) is 29.4 Å². The van der Waals surface area contributed by atoms with Crippen molar-refractivity contribution >= 4 is 35.0 Å². The molecule has 34 heavy (non-hydrogen) atoms. The number of benzene rings is 2. The lowest BCUT2D eigenvalue weighted by atomic mass is 10.1. The van der Waals surface area contributed by atoms with E-state index < -0.39 is 17.6 Å². The number of amides is 2. The molecule has 178 valence electrons. The Kier molecular flexibility index (Phi) is 6.92. The first-order chi connectivity index (χ1) is 16.2. The fraction of sp³-hybridized carbons (Fsp3) is 0.304. The van der Waals surface area contributed by atoms with Crippen LogP contribution in [0.3, 0.4) is 0 Å². The van der Waals surface area contributed by atoms with Crippen molar-refractivity contribution in [3.05, 3.63) is 65.5 Å². The molecule has 2 amide bonds. The standard InChI is InChI=1S/C23H22F3N5O2S/c1-2-31-20(14-9-10-14)29-30-22(31)34-13-19(32)27-17-7-3-5-15(11-17)21(33)28-18-8-4-6-16(12-18)23(24,25)26/h3-8,11-12,14H,2,9-10,13H2,1H3,(H,27,32)(H,28,33). The summed E-state index contributed by atoms with van der Waals surface area (Å²) in [6.07, 6.45) is -2.28. The van der Waals surface area contributed by atoms with Crippen LogP contribution >= 0.6 is 11.8 Å². The topological polar surface area (TPSA) is 88.9 Å². The smallest absolute Gasteiger partial charge is 0.325 e. The molecule has 0 bridgehead atoms. The lowest BCUT2D eigenvalue weighted by Crippen LogP contribution is -2.16. The second-order valence-corrected chi connectivity index (χ2v) is 8.75. The fourth-order valence-electron chi connectivity index (χ4n) is 3.39. The molecular weight excluding hydrogens is 467 g/mol. The third-order valence-corrected chi connectivity index (χ3v) is 6.16. The van der Waals surface area contributed by atoms with E-state index in [-0.39, 0.29) is 22.9 Å². The highest BCUT2D eigenvalue weighted by molar-refractivity contribution is 7.99. The summed E-state index contributed by atoms with van der Waals surface area (Å²) in [5.41, 5.74) is -0.233. The lowest BCUT2D eigenvalue weighted by Gasteiger charge is -2.11. The first-order valence-electron chi connectivity index (χ1n) is 10.7. The van der Waals surface area contributed by atoms with Crippen molar-refractivity contribution in [2.75, 3.05) is 16.4 Å². The molecule has 0 radical (unpaired) electrons. The molecule has 11 heteroatoms. The van der Waals surface area contributed by atoms with Crippen molar-refractivity contribution in [1.82, 2.24) is 14.8 Å². The Bertz CT molecular complexity index is 1210. The zero-order chi connectivity index (χ0) is 24.3. The van der Waals surface area contributed by atoms with Crippen molar-refractivity contribution < 1.29 is 22.8 Å². The van der Waals surface area contributed by atoms with E-state index in [9.17, 15) is 22.8 Å². The Hall–Kier alpha value is -3.34. The number of carbonyl (C=O) groups is 2. The van der Waals surface area contributed by atoms with Gasteiger partial charge in [-0.2, -0.15) is 13.2 Å². The Labute approximate surface area is 198 Å². The molecule has 0 saturated heterocycles. The Morgan fingerprint density at radius 3 is 2.44 bits per heavy atom. The van der Waals surface area contributed by atoms with E-state index in [1.807, 2.05) is 11.5 Å². The number of rotatable bonds is 8. The largest absolute Gasteiger partial charge is 0.416 e. The Morgan fingerprint density at radius 2 is 1.76 bits per heavy atom. The summed E-state index contributed by atoms with van der Waals surface area (Å²) in [4.78, 5) is 25.0. The molecule has 0 aliphatic heterocycles. The van der Waals surface area contributed by atoms with Crippen molar-refractivity contribution in [1.29, 1.82) is 0 Å². The number of carbonyl (C=O) groups excluding carboxylic acids is 2. The average Bonchev–Trinajstić information content (AvgIpc) is 3.56. The van der Waals surface area contributed by atoms with E-state index in [1.165, 1.54) is 36.0 Å². The van der Waals surface area contributed by atoms with Crippen LogP contribution in [0.4, 0.5) is 24.5 Å². The number of thioether (sulfide) groups is 1. The highest BCUT2D eigenvalue weighted by atomic mass is 32.2. The lowest BCUT2D eigenvalue weighted by molar-refractivity contribution is -0.137. The zero-order valence-corrected chi connectivity index (χ0v) is 19.0. The molecule has 2 N–H and O–H groups in total. The molecule has 0 atom stereocenters. The van der Waals surface area contributed by atoms with Gasteiger partial charge in [0.1, 0.15) is 5.82 Å². The van der Waals surface area contributed by atoms with Gasteiger partial charge in [-0.1, -0.05) is 23.9 Å². The number of aromatic nitrogens is 3. The van der Waals surface area contributed by atoms with Crippen LogP contribution in [0.2, 0.25) is 0 Å². The molecule has 7 nitrogen and oxygen atoms in total. The maximum atomic E-state index is 12.9. The first kappa shape index (κ1) is 23.8. The minimum absolute atomic E-state index is 0.0243. The summed E-state index contributed by atoms with van der Waals surface area (Å²) in [6.45, 7) is 2.74. The summed E-state index contributed by atoms with van der Waals surface area (Å²) < 4.78 is 40.7. The highest BCUT2D eigenvalue weighted by Gasteiger charge is 2.31. The third-order valence-electron chi connectivity index (χ3n) is 5.19.